The molecule has 3 aromatic rings. The normalized spacial score (nSPS) is 15.0. The van der Waals surface area contributed by atoms with Gasteiger partial charge in [0.25, 0.3) is 0 Å². The summed E-state index contributed by atoms with van der Waals surface area (Å²) in [6.45, 7) is 2.81. The van der Waals surface area contributed by atoms with Gasteiger partial charge in [-0.15, -0.1) is 23.1 Å². The van der Waals surface area contributed by atoms with Gasteiger partial charge in [-0.2, -0.15) is 0 Å². The highest BCUT2D eigenvalue weighted by molar-refractivity contribution is 8.00. The molecule has 4 rings (SSSR count). The van der Waals surface area contributed by atoms with Crippen LogP contribution in [0.2, 0.25) is 0 Å². The van der Waals surface area contributed by atoms with E-state index in [4.69, 9.17) is 4.98 Å². The second kappa shape index (κ2) is 8.63. The third-order valence-electron chi connectivity index (χ3n) is 5.20. The van der Waals surface area contributed by atoms with Gasteiger partial charge in [-0.3, -0.25) is 9.59 Å². The van der Waals surface area contributed by atoms with E-state index in [-0.39, 0.29) is 17.4 Å². The number of thiazole rings is 1. The largest absolute Gasteiger partial charge is 0.342 e. The predicted molar refractivity (Wildman–Crippen MR) is 115 cm³/mol. The number of hydrogen-bond donors (Lipinski definition) is 0. The summed E-state index contributed by atoms with van der Waals surface area (Å²) >= 11 is 2.92. The number of benzene rings is 2. The molecule has 0 atom stereocenters. The highest BCUT2D eigenvalue weighted by Gasteiger charge is 2.26. The molecule has 1 saturated heterocycles. The van der Waals surface area contributed by atoms with Crippen LogP contribution in [0.4, 0.5) is 4.39 Å². The highest BCUT2D eigenvalue weighted by Crippen LogP contribution is 2.34. The number of aromatic nitrogens is 1. The summed E-state index contributed by atoms with van der Waals surface area (Å²) in [6.07, 6.45) is 1.80. The molecule has 1 fully saturated rings. The Labute approximate surface area is 177 Å². The van der Waals surface area contributed by atoms with Gasteiger partial charge in [0.2, 0.25) is 5.91 Å². The van der Waals surface area contributed by atoms with E-state index in [0.29, 0.717) is 29.5 Å². The maximum absolute atomic E-state index is 14.1. The monoisotopic (exact) mass is 428 g/mol. The average molecular weight is 429 g/mol. The van der Waals surface area contributed by atoms with Crippen molar-refractivity contribution in [2.45, 2.75) is 30.6 Å². The van der Waals surface area contributed by atoms with E-state index in [2.05, 4.69) is 6.07 Å². The van der Waals surface area contributed by atoms with E-state index in [0.717, 1.165) is 23.4 Å². The molecule has 0 aliphatic carbocycles. The van der Waals surface area contributed by atoms with Gasteiger partial charge in [0.1, 0.15) is 5.82 Å². The molecule has 0 spiro atoms. The Kier molecular flexibility index (Phi) is 5.96. The fourth-order valence-corrected chi connectivity index (χ4v) is 5.47. The molecule has 0 saturated carbocycles. The molecule has 0 N–H and O–H groups in total. The SMILES string of the molecule is CC(=O)c1ccc(SCC(=O)N2CCC(c3nc4ccccc4s3)CC2)c(F)c1. The first-order valence-electron chi connectivity index (χ1n) is 9.58. The van der Waals surface area contributed by atoms with Crippen molar-refractivity contribution in [3.8, 4) is 0 Å². The van der Waals surface area contributed by atoms with Crippen molar-refractivity contribution < 1.29 is 14.0 Å². The van der Waals surface area contributed by atoms with Crippen molar-refractivity contribution >= 4 is 45.0 Å². The summed E-state index contributed by atoms with van der Waals surface area (Å²) in [5, 5.41) is 1.15. The molecule has 4 nitrogen and oxygen atoms in total. The van der Waals surface area contributed by atoms with Crippen LogP contribution in [0.3, 0.4) is 0 Å². The summed E-state index contributed by atoms with van der Waals surface area (Å²) < 4.78 is 15.3. The number of likely N-dealkylation sites (tertiary alicyclic amines) is 1. The molecule has 0 unspecified atom stereocenters. The number of piperidine rings is 1. The number of rotatable bonds is 5. The van der Waals surface area contributed by atoms with Crippen LogP contribution in [0, 0.1) is 5.82 Å². The molecule has 1 aliphatic heterocycles. The molecule has 1 aliphatic rings. The number of nitrogens with zero attached hydrogens (tertiary/aromatic N) is 2. The number of para-hydroxylation sites is 1. The lowest BCUT2D eigenvalue weighted by Gasteiger charge is -2.31. The third kappa shape index (κ3) is 4.51. The second-order valence-corrected chi connectivity index (χ2v) is 9.24. The van der Waals surface area contributed by atoms with E-state index in [1.165, 1.54) is 29.5 Å². The van der Waals surface area contributed by atoms with E-state index in [1.54, 1.807) is 23.5 Å². The number of Topliss-reactive ketones (excluding diaryl/α,β-unsaturated/α-hetero) is 1. The van der Waals surface area contributed by atoms with Crippen molar-refractivity contribution in [2.75, 3.05) is 18.8 Å². The predicted octanol–water partition coefficient (Wildman–Crippen LogP) is 5.14. The Morgan fingerprint density at radius 3 is 2.66 bits per heavy atom. The van der Waals surface area contributed by atoms with Gasteiger partial charge >= 0.3 is 0 Å². The molecule has 0 bridgehead atoms. The number of fused-ring (bicyclic) bond motifs is 1. The van der Waals surface area contributed by atoms with Crippen molar-refractivity contribution in [2.24, 2.45) is 0 Å². The topological polar surface area (TPSA) is 50.3 Å². The minimum Gasteiger partial charge on any atom is -0.342 e. The van der Waals surface area contributed by atoms with Crippen LogP contribution >= 0.6 is 23.1 Å². The number of halogens is 1. The van der Waals surface area contributed by atoms with E-state index < -0.39 is 5.82 Å². The average Bonchev–Trinajstić information content (AvgIpc) is 3.17. The Morgan fingerprint density at radius 2 is 1.97 bits per heavy atom. The van der Waals surface area contributed by atoms with Gasteiger partial charge < -0.3 is 4.90 Å². The fourth-order valence-electron chi connectivity index (χ4n) is 3.51. The zero-order valence-electron chi connectivity index (χ0n) is 16.1. The molecule has 2 aromatic carbocycles. The molecular formula is C22H21FN2O2S2. The lowest BCUT2D eigenvalue weighted by molar-refractivity contribution is -0.129. The first kappa shape index (κ1) is 20.0. The van der Waals surface area contributed by atoms with Crippen molar-refractivity contribution in [3.63, 3.8) is 0 Å². The molecular weight excluding hydrogens is 407 g/mol. The van der Waals surface area contributed by atoms with Crippen LogP contribution in [0.1, 0.15) is 41.0 Å². The first-order chi connectivity index (χ1) is 14.0. The molecule has 7 heteroatoms. The third-order valence-corrected chi connectivity index (χ3v) is 7.43. The van der Waals surface area contributed by atoms with E-state index in [9.17, 15) is 14.0 Å². The number of ketones is 1. The van der Waals surface area contributed by atoms with Crippen LogP contribution < -0.4 is 0 Å². The first-order valence-corrected chi connectivity index (χ1v) is 11.4. The van der Waals surface area contributed by atoms with Crippen molar-refractivity contribution in [1.82, 2.24) is 9.88 Å². The Morgan fingerprint density at radius 1 is 1.21 bits per heavy atom. The summed E-state index contributed by atoms with van der Waals surface area (Å²) in [4.78, 5) is 30.9. The minimum absolute atomic E-state index is 0.0211. The van der Waals surface area contributed by atoms with E-state index in [1.807, 2.05) is 23.1 Å². The number of carbonyl (C=O) groups is 2. The summed E-state index contributed by atoms with van der Waals surface area (Å²) in [5.41, 5.74) is 1.38. The molecule has 1 aromatic heterocycles. The van der Waals surface area contributed by atoms with Crippen LogP contribution in [-0.4, -0.2) is 40.4 Å². The maximum atomic E-state index is 14.1. The second-order valence-electron chi connectivity index (χ2n) is 7.16. The van der Waals surface area contributed by atoms with Crippen LogP contribution in [0.15, 0.2) is 47.4 Å². The Bertz CT molecular complexity index is 1020. The zero-order valence-corrected chi connectivity index (χ0v) is 17.7. The van der Waals surface area contributed by atoms with Crippen molar-refractivity contribution in [3.05, 3.63) is 58.9 Å². The standard InChI is InChI=1S/C22H21FN2O2S2/c1-14(26)16-6-7-19(17(23)12-16)28-13-21(27)25-10-8-15(9-11-25)22-24-18-4-2-3-5-20(18)29-22/h2-7,12,15H,8-11,13H2,1H3. The molecule has 150 valence electrons. The quantitative estimate of drug-likeness (QED) is 0.417. The van der Waals surface area contributed by atoms with Gasteiger partial charge in [0.15, 0.2) is 5.78 Å². The van der Waals surface area contributed by atoms with Gasteiger partial charge in [-0.05, 0) is 44.0 Å². The Balaban J connectivity index is 1.31. The minimum atomic E-state index is -0.454. The fraction of sp³-hybridized carbons (Fsp3) is 0.318. The molecule has 2 heterocycles. The van der Waals surface area contributed by atoms with Crippen molar-refractivity contribution in [1.29, 1.82) is 0 Å². The number of hydrogen-bond acceptors (Lipinski definition) is 5. The van der Waals surface area contributed by atoms with Crippen LogP contribution in [-0.2, 0) is 4.79 Å². The van der Waals surface area contributed by atoms with Gasteiger partial charge in [0, 0.05) is 29.5 Å². The maximum Gasteiger partial charge on any atom is 0.232 e. The number of carbonyl (C=O) groups excluding carboxylic acids is 2. The number of thioether (sulfide) groups is 1. The summed E-state index contributed by atoms with van der Waals surface area (Å²) in [5.74, 6) is -0.0201. The summed E-state index contributed by atoms with van der Waals surface area (Å²) in [6, 6.07) is 12.6. The van der Waals surface area contributed by atoms with Gasteiger partial charge in [-0.25, -0.2) is 9.37 Å². The molecule has 1 amide bonds. The smallest absolute Gasteiger partial charge is 0.232 e. The zero-order chi connectivity index (χ0) is 20.4. The molecule has 29 heavy (non-hydrogen) atoms. The van der Waals surface area contributed by atoms with Crippen LogP contribution in [0.25, 0.3) is 10.2 Å². The van der Waals surface area contributed by atoms with Gasteiger partial charge in [-0.1, -0.05) is 18.2 Å². The summed E-state index contributed by atoms with van der Waals surface area (Å²) in [7, 11) is 0. The number of amides is 1. The van der Waals surface area contributed by atoms with Crippen LogP contribution in [0.5, 0.6) is 0 Å². The van der Waals surface area contributed by atoms with Gasteiger partial charge in [0.05, 0.1) is 21.0 Å². The lowest BCUT2D eigenvalue weighted by Crippen LogP contribution is -2.38. The lowest BCUT2D eigenvalue weighted by atomic mass is 9.97. The highest BCUT2D eigenvalue weighted by atomic mass is 32.2. The Hall–Kier alpha value is -2.25. The van der Waals surface area contributed by atoms with E-state index >= 15 is 0 Å². The molecule has 0 radical (unpaired) electrons.